The summed E-state index contributed by atoms with van der Waals surface area (Å²) in [6, 6.07) is 7.53. The molecule has 2 amide bonds. The molecule has 0 saturated carbocycles. The van der Waals surface area contributed by atoms with E-state index < -0.39 is 0 Å². The van der Waals surface area contributed by atoms with Gasteiger partial charge in [-0.15, -0.1) is 11.3 Å². The Morgan fingerprint density at radius 2 is 2.11 bits per heavy atom. The SMILES string of the molecule is CCc1nc(CCNC(=O)N(CC)CC2COc3ccccc3O2)sc1C. The van der Waals surface area contributed by atoms with E-state index >= 15 is 0 Å². The Labute approximate surface area is 164 Å². The van der Waals surface area contributed by atoms with Gasteiger partial charge in [-0.25, -0.2) is 9.78 Å². The van der Waals surface area contributed by atoms with Crippen LogP contribution in [-0.4, -0.2) is 48.3 Å². The molecule has 0 radical (unpaired) electrons. The van der Waals surface area contributed by atoms with E-state index in [0.29, 0.717) is 26.2 Å². The van der Waals surface area contributed by atoms with Gasteiger partial charge in [-0.3, -0.25) is 0 Å². The van der Waals surface area contributed by atoms with Crippen LogP contribution >= 0.6 is 11.3 Å². The average molecular weight is 390 g/mol. The molecule has 1 N–H and O–H groups in total. The highest BCUT2D eigenvalue weighted by Gasteiger charge is 2.24. The van der Waals surface area contributed by atoms with Gasteiger partial charge >= 0.3 is 6.03 Å². The lowest BCUT2D eigenvalue weighted by Gasteiger charge is -2.30. The van der Waals surface area contributed by atoms with Gasteiger partial charge in [0.05, 0.1) is 17.2 Å². The number of nitrogens with zero attached hydrogens (tertiary/aromatic N) is 2. The van der Waals surface area contributed by atoms with Gasteiger partial charge < -0.3 is 19.7 Å². The second-order valence-corrected chi connectivity index (χ2v) is 7.77. The zero-order valence-corrected chi connectivity index (χ0v) is 17.0. The highest BCUT2D eigenvalue weighted by Crippen LogP contribution is 2.31. The lowest BCUT2D eigenvalue weighted by molar-refractivity contribution is 0.0676. The summed E-state index contributed by atoms with van der Waals surface area (Å²) < 4.78 is 11.7. The molecule has 1 aliphatic heterocycles. The third kappa shape index (κ3) is 4.91. The first-order valence-electron chi connectivity index (χ1n) is 9.47. The Balaban J connectivity index is 1.48. The number of carbonyl (C=O) groups excluding carboxylic acids is 1. The molecule has 0 fully saturated rings. The van der Waals surface area contributed by atoms with Crippen LogP contribution in [0.2, 0.25) is 0 Å². The van der Waals surface area contributed by atoms with E-state index in [0.717, 1.165) is 35.0 Å². The first-order valence-corrected chi connectivity index (χ1v) is 10.3. The largest absolute Gasteiger partial charge is 0.486 e. The maximum Gasteiger partial charge on any atom is 0.317 e. The van der Waals surface area contributed by atoms with Crippen molar-refractivity contribution in [3.05, 3.63) is 39.8 Å². The lowest BCUT2D eigenvalue weighted by atomic mass is 10.2. The van der Waals surface area contributed by atoms with Gasteiger partial charge in [0.15, 0.2) is 17.6 Å². The number of amides is 2. The number of rotatable bonds is 7. The molecule has 27 heavy (non-hydrogen) atoms. The van der Waals surface area contributed by atoms with Crippen LogP contribution in [0.5, 0.6) is 11.5 Å². The van der Waals surface area contributed by atoms with Crippen LogP contribution in [0.3, 0.4) is 0 Å². The topological polar surface area (TPSA) is 63.7 Å². The number of benzene rings is 1. The molecule has 2 heterocycles. The molecule has 146 valence electrons. The number of urea groups is 1. The van der Waals surface area contributed by atoms with Crippen molar-refractivity contribution in [3.63, 3.8) is 0 Å². The van der Waals surface area contributed by atoms with Crippen LogP contribution in [0.4, 0.5) is 4.79 Å². The predicted molar refractivity (Wildman–Crippen MR) is 107 cm³/mol. The van der Waals surface area contributed by atoms with Crippen molar-refractivity contribution in [2.45, 2.75) is 39.7 Å². The highest BCUT2D eigenvalue weighted by atomic mass is 32.1. The van der Waals surface area contributed by atoms with Crippen molar-refractivity contribution in [1.29, 1.82) is 0 Å². The van der Waals surface area contributed by atoms with Gasteiger partial charge in [-0.05, 0) is 32.4 Å². The minimum Gasteiger partial charge on any atom is -0.486 e. The summed E-state index contributed by atoms with van der Waals surface area (Å²) in [6.07, 6.45) is 1.54. The molecule has 1 aromatic carbocycles. The van der Waals surface area contributed by atoms with Crippen molar-refractivity contribution in [2.75, 3.05) is 26.2 Å². The van der Waals surface area contributed by atoms with Crippen LogP contribution in [0, 0.1) is 6.92 Å². The number of nitrogens with one attached hydrogen (secondary N) is 1. The van der Waals surface area contributed by atoms with Gasteiger partial charge in [0, 0.05) is 24.4 Å². The zero-order valence-electron chi connectivity index (χ0n) is 16.2. The van der Waals surface area contributed by atoms with Crippen molar-refractivity contribution in [1.82, 2.24) is 15.2 Å². The predicted octanol–water partition coefficient (Wildman–Crippen LogP) is 3.43. The van der Waals surface area contributed by atoms with Crippen molar-refractivity contribution in [3.8, 4) is 11.5 Å². The lowest BCUT2D eigenvalue weighted by Crippen LogP contribution is -2.47. The number of hydrogen-bond acceptors (Lipinski definition) is 5. The average Bonchev–Trinajstić information content (AvgIpc) is 3.05. The monoisotopic (exact) mass is 389 g/mol. The molecule has 6 nitrogen and oxygen atoms in total. The van der Waals surface area contributed by atoms with Crippen LogP contribution in [0.15, 0.2) is 24.3 Å². The number of fused-ring (bicyclic) bond motifs is 1. The Kier molecular flexibility index (Phi) is 6.55. The van der Waals surface area contributed by atoms with Crippen LogP contribution in [-0.2, 0) is 12.8 Å². The minimum absolute atomic E-state index is 0.0797. The number of ether oxygens (including phenoxy) is 2. The summed E-state index contributed by atoms with van der Waals surface area (Å²) in [6.45, 7) is 8.31. The molecule has 0 spiro atoms. The summed E-state index contributed by atoms with van der Waals surface area (Å²) >= 11 is 1.71. The summed E-state index contributed by atoms with van der Waals surface area (Å²) in [5.41, 5.74) is 1.16. The van der Waals surface area contributed by atoms with Crippen molar-refractivity contribution >= 4 is 17.4 Å². The highest BCUT2D eigenvalue weighted by molar-refractivity contribution is 7.11. The maximum atomic E-state index is 12.5. The molecule has 0 bridgehead atoms. The van der Waals surface area contributed by atoms with Crippen LogP contribution < -0.4 is 14.8 Å². The maximum absolute atomic E-state index is 12.5. The zero-order chi connectivity index (χ0) is 19.2. The van der Waals surface area contributed by atoms with E-state index in [1.54, 1.807) is 16.2 Å². The van der Waals surface area contributed by atoms with E-state index in [2.05, 4.69) is 24.1 Å². The summed E-state index contributed by atoms with van der Waals surface area (Å²) in [7, 11) is 0. The summed E-state index contributed by atoms with van der Waals surface area (Å²) in [5, 5.41) is 4.07. The standard InChI is InChI=1S/C20H27N3O3S/c1-4-16-14(3)27-19(22-16)10-11-21-20(24)23(5-2)12-15-13-25-17-8-6-7-9-18(17)26-15/h6-9,15H,4-5,10-13H2,1-3H3,(H,21,24). The second kappa shape index (κ2) is 9.08. The summed E-state index contributed by atoms with van der Waals surface area (Å²) in [4.78, 5) is 20.2. The molecule has 7 heteroatoms. The third-order valence-electron chi connectivity index (χ3n) is 4.55. The van der Waals surface area contributed by atoms with Crippen molar-refractivity contribution in [2.24, 2.45) is 0 Å². The number of carbonyl (C=O) groups is 1. The molecule has 0 saturated heterocycles. The number of aryl methyl sites for hydroxylation is 2. The molecule has 1 aromatic heterocycles. The Morgan fingerprint density at radius 1 is 1.33 bits per heavy atom. The number of para-hydroxylation sites is 2. The molecular formula is C20H27N3O3S. The van der Waals surface area contributed by atoms with E-state index in [1.165, 1.54) is 4.88 Å². The first-order chi connectivity index (χ1) is 13.1. The van der Waals surface area contributed by atoms with E-state index in [1.807, 2.05) is 31.2 Å². The van der Waals surface area contributed by atoms with Crippen molar-refractivity contribution < 1.29 is 14.3 Å². The molecule has 3 rings (SSSR count). The molecule has 1 aliphatic rings. The number of hydrogen-bond donors (Lipinski definition) is 1. The quantitative estimate of drug-likeness (QED) is 0.788. The van der Waals surface area contributed by atoms with E-state index in [-0.39, 0.29) is 12.1 Å². The Morgan fingerprint density at radius 3 is 2.81 bits per heavy atom. The normalized spacial score (nSPS) is 15.4. The van der Waals surface area contributed by atoms with Gasteiger partial charge in [-0.2, -0.15) is 0 Å². The molecule has 1 atom stereocenters. The van der Waals surface area contributed by atoms with Gasteiger partial charge in [0.2, 0.25) is 0 Å². The smallest absolute Gasteiger partial charge is 0.317 e. The molecule has 1 unspecified atom stereocenters. The second-order valence-electron chi connectivity index (χ2n) is 6.48. The number of likely N-dealkylation sites (N-methyl/N-ethyl adjacent to an activating group) is 1. The first kappa shape index (κ1) is 19.5. The fraction of sp³-hybridized carbons (Fsp3) is 0.500. The van der Waals surface area contributed by atoms with Crippen LogP contribution in [0.25, 0.3) is 0 Å². The van der Waals surface area contributed by atoms with E-state index in [4.69, 9.17) is 9.47 Å². The van der Waals surface area contributed by atoms with Crippen LogP contribution in [0.1, 0.15) is 29.4 Å². The summed E-state index contributed by atoms with van der Waals surface area (Å²) in [5.74, 6) is 1.49. The van der Waals surface area contributed by atoms with E-state index in [9.17, 15) is 4.79 Å². The molecular weight excluding hydrogens is 362 g/mol. The van der Waals surface area contributed by atoms with Gasteiger partial charge in [0.1, 0.15) is 6.61 Å². The van der Waals surface area contributed by atoms with Gasteiger partial charge in [0.25, 0.3) is 0 Å². The Hall–Kier alpha value is -2.28. The number of aromatic nitrogens is 1. The molecule has 0 aliphatic carbocycles. The Bertz CT molecular complexity index is 778. The van der Waals surface area contributed by atoms with Gasteiger partial charge in [-0.1, -0.05) is 19.1 Å². The fourth-order valence-electron chi connectivity index (χ4n) is 3.07. The third-order valence-corrected chi connectivity index (χ3v) is 5.62. The fourth-order valence-corrected chi connectivity index (χ4v) is 4.09. The molecule has 2 aromatic rings. The number of thiazole rings is 1. The minimum atomic E-state index is -0.167.